The molecule has 1 aromatic rings. The van der Waals surface area contributed by atoms with Crippen LogP contribution in [0.1, 0.15) is 188 Å². The largest absolute Gasteiger partial charge is 0.481 e. The molecule has 5 aliphatic heterocycles. The predicted octanol–water partition coefficient (Wildman–Crippen LogP) is -2.25. The molecule has 22 N–H and O–H groups in total. The Labute approximate surface area is 681 Å². The molecule has 7 aliphatic rings. The molecule has 4 saturated heterocycles. The third-order valence-electron chi connectivity index (χ3n) is 23.1. The zero-order chi connectivity index (χ0) is 83.7. The Morgan fingerprint density at radius 1 is 0.591 bits per heavy atom. The molecular weight excluding hydrogens is 1530 g/mol. The van der Waals surface area contributed by atoms with E-state index in [0.717, 1.165) is 30.5 Å². The fraction of sp³-hybridized carbons (Fsp3) is 0.756. The molecule has 1 spiro atoms. The van der Waals surface area contributed by atoms with E-state index in [2.05, 4.69) is 79.8 Å². The molecule has 12 amide bonds. The van der Waals surface area contributed by atoms with E-state index in [9.17, 15) is 59.1 Å². The van der Waals surface area contributed by atoms with E-state index in [0.29, 0.717) is 88.4 Å². The highest BCUT2D eigenvalue weighted by molar-refractivity contribution is 7.98. The summed E-state index contributed by atoms with van der Waals surface area (Å²) < 4.78 is 5.74. The minimum absolute atomic E-state index is 0.00447. The minimum atomic E-state index is -1.93. The van der Waals surface area contributed by atoms with Crippen LogP contribution < -0.4 is 85.5 Å². The first kappa shape index (κ1) is 93.2. The lowest BCUT2D eigenvalue weighted by Gasteiger charge is -2.39. The maximum atomic E-state index is 15.5. The quantitative estimate of drug-likeness (QED) is 0.0832. The van der Waals surface area contributed by atoms with Gasteiger partial charge in [0, 0.05) is 81.2 Å². The van der Waals surface area contributed by atoms with Crippen molar-refractivity contribution in [2.45, 2.75) is 290 Å². The van der Waals surface area contributed by atoms with Crippen LogP contribution in [0, 0.1) is 29.1 Å². The van der Waals surface area contributed by atoms with Gasteiger partial charge in [-0.15, -0.1) is 0 Å². The lowest BCUT2D eigenvalue weighted by Crippen LogP contribution is -2.67. The molecule has 4 unspecified atom stereocenters. The van der Waals surface area contributed by atoms with E-state index in [-0.39, 0.29) is 107 Å². The van der Waals surface area contributed by atoms with Crippen molar-refractivity contribution in [1.82, 2.24) is 79.8 Å². The second-order valence-corrected chi connectivity index (χ2v) is 35.5. The van der Waals surface area contributed by atoms with Crippen LogP contribution in [0.3, 0.4) is 0 Å². The van der Waals surface area contributed by atoms with Gasteiger partial charge in [-0.05, 0) is 170 Å². The number of benzene rings is 1. The van der Waals surface area contributed by atoms with Crippen LogP contribution in [0.25, 0.3) is 0 Å². The molecule has 2 saturated carbocycles. The molecule has 35 nitrogen and oxygen atoms in total. The molecular formula is C78H126N16O19S2. The number of aliphatic hydroxyl groups is 4. The lowest BCUT2D eigenvalue weighted by atomic mass is 9.82. The van der Waals surface area contributed by atoms with Crippen molar-refractivity contribution in [2.24, 2.45) is 34.8 Å². The fourth-order valence-electron chi connectivity index (χ4n) is 16.3. The molecule has 644 valence electrons. The number of amides is 12. The third kappa shape index (κ3) is 28.7. The summed E-state index contributed by atoms with van der Waals surface area (Å²) in [7, 11) is 0. The van der Waals surface area contributed by atoms with Crippen molar-refractivity contribution < 1.29 is 92.6 Å². The van der Waals surface area contributed by atoms with Gasteiger partial charge in [0.1, 0.15) is 66.0 Å². The first-order chi connectivity index (χ1) is 54.7. The van der Waals surface area contributed by atoms with E-state index in [1.165, 1.54) is 37.4 Å². The van der Waals surface area contributed by atoms with Gasteiger partial charge < -0.3 is 116 Å². The molecule has 2 aliphatic carbocycles. The number of aliphatic hydroxyl groups excluding tert-OH is 4. The Morgan fingerprint density at radius 3 is 1.67 bits per heavy atom. The fourth-order valence-corrected chi connectivity index (χ4v) is 18.2. The number of carboxylic acid groups (broad SMARTS) is 1. The van der Waals surface area contributed by atoms with E-state index in [1.54, 1.807) is 27.7 Å². The van der Waals surface area contributed by atoms with Gasteiger partial charge in [-0.1, -0.05) is 58.4 Å². The Hall–Kier alpha value is -7.33. The summed E-state index contributed by atoms with van der Waals surface area (Å²) in [4.78, 5) is 189. The number of nitrogens with two attached hydrogens (primary N) is 1. The first-order valence-electron chi connectivity index (χ1n) is 41.0. The number of fused-ring (bicyclic) bond motifs is 3. The Balaban J connectivity index is 1.13. The molecule has 115 heavy (non-hydrogen) atoms. The zero-order valence-electron chi connectivity index (χ0n) is 67.1. The molecule has 5 heterocycles. The van der Waals surface area contributed by atoms with Crippen LogP contribution in [-0.2, 0) is 78.6 Å². The van der Waals surface area contributed by atoms with Gasteiger partial charge in [0.2, 0.25) is 70.9 Å². The second-order valence-electron chi connectivity index (χ2n) is 33.4. The van der Waals surface area contributed by atoms with E-state index >= 15 is 28.8 Å². The second kappa shape index (κ2) is 45.0. The van der Waals surface area contributed by atoms with Crippen molar-refractivity contribution in [1.29, 1.82) is 0 Å². The van der Waals surface area contributed by atoms with E-state index < -0.39 is 192 Å². The highest BCUT2D eigenvalue weighted by atomic mass is 32.2. The summed E-state index contributed by atoms with van der Waals surface area (Å²) in [6.07, 6.45) is -0.924. The van der Waals surface area contributed by atoms with Gasteiger partial charge in [-0.3, -0.25) is 62.3 Å². The minimum Gasteiger partial charge on any atom is -0.481 e. The number of piperidine rings is 1. The Kier molecular flexibility index (Phi) is 36.5. The molecule has 0 radical (unpaired) electrons. The third-order valence-corrected chi connectivity index (χ3v) is 25.2. The number of carboxylic acids is 1. The number of carbonyl (C=O) groups is 13. The molecule has 0 aromatic heterocycles. The Bertz CT molecular complexity index is 3480. The van der Waals surface area contributed by atoms with Crippen LogP contribution in [0.2, 0.25) is 0 Å². The number of carbonyl (C=O) groups excluding carboxylic acids is 12. The summed E-state index contributed by atoms with van der Waals surface area (Å²) in [6.45, 7) is 11.1. The SMILES string of the molecule is CCC[C@@H]1NC(=O)[C@H](CC2CCC(O)CC2)NC(=O)[C@H](CCC(=O)O)NC(=O)C2(CCOCC2)NC(=O)[C@H](CC2CNC3NCCCC23)NC(=O)[C@H]([C@@H](C)O)NC(=O)[C@H](CC2CNCN2)NC(=O)[C@H](CC2CCC(O)CC2)NC(=O)[C@H](C(C)(C)C)NC(=O)CCSCc2cccc(c2)CSC[C@@H](C(N)=O)NC(=O)[C@H]([C@@H](C)O)NC1=O. The maximum Gasteiger partial charge on any atom is 0.303 e. The van der Waals surface area contributed by atoms with Gasteiger partial charge in [-0.2, -0.15) is 23.5 Å². The summed E-state index contributed by atoms with van der Waals surface area (Å²) >= 11 is 2.73. The molecule has 16 atom stereocenters. The number of nitrogens with one attached hydrogen (secondary N) is 15. The van der Waals surface area contributed by atoms with Gasteiger partial charge in [0.05, 0.1) is 30.6 Å². The van der Waals surface area contributed by atoms with Gasteiger partial charge >= 0.3 is 5.97 Å². The normalized spacial score (nSPS) is 32.6. The average Bonchev–Trinajstić information content (AvgIpc) is 1.63. The van der Waals surface area contributed by atoms with E-state index in [4.69, 9.17) is 10.5 Å². The summed E-state index contributed by atoms with van der Waals surface area (Å²) in [5.74, 6) is -11.3. The van der Waals surface area contributed by atoms with Crippen molar-refractivity contribution in [3.63, 3.8) is 0 Å². The summed E-state index contributed by atoms with van der Waals surface area (Å²) in [6, 6.07) is -7.61. The van der Waals surface area contributed by atoms with Gasteiger partial charge in [0.15, 0.2) is 0 Å². The average molecular weight is 1660 g/mol. The molecule has 1 aromatic carbocycles. The molecule has 2 bridgehead atoms. The number of thioether (sulfide) groups is 2. The number of hydrogen-bond donors (Lipinski definition) is 21. The maximum absolute atomic E-state index is 15.5. The lowest BCUT2D eigenvalue weighted by molar-refractivity contribution is -0.142. The monoisotopic (exact) mass is 1650 g/mol. The number of ether oxygens (including phenoxy) is 1. The van der Waals surface area contributed by atoms with Crippen molar-refractivity contribution in [3.8, 4) is 0 Å². The smallest absolute Gasteiger partial charge is 0.303 e. The van der Waals surface area contributed by atoms with Crippen molar-refractivity contribution in [2.75, 3.05) is 51.0 Å². The van der Waals surface area contributed by atoms with Crippen LogP contribution in [0.15, 0.2) is 24.3 Å². The number of primary amides is 1. The topological polar surface area (TPSA) is 539 Å². The van der Waals surface area contributed by atoms with Gasteiger partial charge in [-0.25, -0.2) is 0 Å². The molecule has 37 heteroatoms. The zero-order valence-corrected chi connectivity index (χ0v) is 68.8. The standard InChI is InChI=1S/C78H126N16O19S2/c1-7-10-53-68(104)92-63(43(3)96)74(110)89-59(65(79)102)40-115-39-47-12-8-11-46(31-47)38-114-30-24-60(99)91-64(77(4,5)6)75(111)88-56(33-45-16-20-51(98)21-17-45)70(106)86-58(35-49-37-80-41-83-49)71(107)93-62(42(2)95)73(109)87-57(34-48-36-82-66-52(48)13-9-27-81-66)72(108)94-78(25-28-113-29-26-78)76(112)90-54(22-23-61(100)101)67(103)85-55(69(105)84-53)32-44-14-18-50(97)19-15-44/h8,11-12,31,42-45,48-59,62-64,66,80-83,95-98H,7,9-10,13-30,32-41H2,1-6H3,(H2,79,102)(H,84,105)(H,85,103)(H,86,106)(H,87,109)(H,88,111)(H,89,110)(H,90,112)(H,91,99)(H,92,104)(H,93,107)(H,94,108)(H,100,101)/t42-,43-,44?,45?,48?,49?,50?,51?,52?,53+,54+,55+,56+,57+,58+,59+,62+,63+,64-,66?/m1/s1. The van der Waals surface area contributed by atoms with Crippen LogP contribution in [0.4, 0.5) is 0 Å². The first-order valence-corrected chi connectivity index (χ1v) is 43.3. The highest BCUT2D eigenvalue weighted by Crippen LogP contribution is 2.34. The summed E-state index contributed by atoms with van der Waals surface area (Å²) in [5.41, 5.74) is 4.75. The van der Waals surface area contributed by atoms with Crippen molar-refractivity contribution in [3.05, 3.63) is 35.4 Å². The highest BCUT2D eigenvalue weighted by Gasteiger charge is 2.48. The molecule has 6 fully saturated rings. The predicted molar refractivity (Wildman–Crippen MR) is 428 cm³/mol. The van der Waals surface area contributed by atoms with E-state index in [1.807, 2.05) is 24.3 Å². The van der Waals surface area contributed by atoms with Gasteiger partial charge in [0.25, 0.3) is 0 Å². The van der Waals surface area contributed by atoms with Crippen molar-refractivity contribution >= 4 is 100 Å². The molecule has 8 rings (SSSR count). The number of aliphatic carboxylic acids is 1. The van der Waals surface area contributed by atoms with Crippen LogP contribution >= 0.6 is 23.5 Å². The Morgan fingerprint density at radius 2 is 1.11 bits per heavy atom. The van der Waals surface area contributed by atoms with Crippen LogP contribution in [0.5, 0.6) is 0 Å². The number of hydrogen-bond acceptors (Lipinski definition) is 24. The summed E-state index contributed by atoms with van der Waals surface area (Å²) in [5, 5.41) is 97.3. The van der Waals surface area contributed by atoms with Crippen LogP contribution in [-0.4, -0.2) is 256 Å². The number of rotatable bonds is 16.